The molecule has 9 aromatic rings. The van der Waals surface area contributed by atoms with Crippen molar-refractivity contribution < 1.29 is 4.74 Å². The van der Waals surface area contributed by atoms with Crippen molar-refractivity contribution in [1.29, 1.82) is 0 Å². The number of imidazole rings is 1. The second-order valence-electron chi connectivity index (χ2n) is 11.2. The maximum absolute atomic E-state index is 6.56. The molecule has 0 aliphatic carbocycles. The number of aromatic nitrogens is 6. The predicted molar refractivity (Wildman–Crippen MR) is 175 cm³/mol. The molecule has 0 fully saturated rings. The largest absolute Gasteiger partial charge is 0.457 e. The van der Waals surface area contributed by atoms with Gasteiger partial charge in [0, 0.05) is 40.0 Å². The summed E-state index contributed by atoms with van der Waals surface area (Å²) in [5.74, 6) is 2.30. The van der Waals surface area contributed by atoms with Crippen LogP contribution in [0.5, 0.6) is 11.5 Å². The highest BCUT2D eigenvalue weighted by Crippen LogP contribution is 2.37. The van der Waals surface area contributed by atoms with Gasteiger partial charge in [-0.15, -0.1) is 0 Å². The van der Waals surface area contributed by atoms with E-state index in [-0.39, 0.29) is 0 Å². The zero-order valence-corrected chi connectivity index (χ0v) is 24.1. The van der Waals surface area contributed by atoms with Crippen LogP contribution < -0.4 is 4.74 Å². The summed E-state index contributed by atoms with van der Waals surface area (Å²) in [7, 11) is 0. The van der Waals surface area contributed by atoms with Crippen molar-refractivity contribution in [2.24, 2.45) is 0 Å². The Labute approximate surface area is 252 Å². The van der Waals surface area contributed by atoms with Gasteiger partial charge in [-0.2, -0.15) is 5.10 Å². The quantitative estimate of drug-likeness (QED) is 0.199. The summed E-state index contributed by atoms with van der Waals surface area (Å²) < 4.78 is 12.9. The molecule has 0 N–H and O–H groups in total. The predicted octanol–water partition coefficient (Wildman–Crippen LogP) is 8.73. The average molecular weight is 571 g/mol. The molecule has 0 saturated carbocycles. The molecule has 0 bridgehead atoms. The van der Waals surface area contributed by atoms with E-state index in [9.17, 15) is 0 Å². The molecule has 0 aliphatic rings. The van der Waals surface area contributed by atoms with Crippen LogP contribution in [0.4, 0.5) is 0 Å². The van der Waals surface area contributed by atoms with Crippen LogP contribution in [0.15, 0.2) is 122 Å². The molecule has 4 heterocycles. The van der Waals surface area contributed by atoms with E-state index in [0.29, 0.717) is 0 Å². The lowest BCUT2D eigenvalue weighted by atomic mass is 10.1. The maximum atomic E-state index is 6.56. The van der Waals surface area contributed by atoms with Crippen LogP contribution in [-0.2, 0) is 0 Å². The van der Waals surface area contributed by atoms with Crippen molar-refractivity contribution in [3.63, 3.8) is 0 Å². The van der Waals surface area contributed by atoms with Crippen molar-refractivity contribution in [3.05, 3.63) is 133 Å². The number of benzene rings is 5. The van der Waals surface area contributed by atoms with Crippen molar-refractivity contribution in [2.45, 2.75) is 13.8 Å². The van der Waals surface area contributed by atoms with Gasteiger partial charge in [-0.25, -0.2) is 14.5 Å². The molecule has 0 spiro atoms. The minimum absolute atomic E-state index is 0.733. The monoisotopic (exact) mass is 570 g/mol. The van der Waals surface area contributed by atoms with E-state index in [1.165, 1.54) is 11.1 Å². The van der Waals surface area contributed by atoms with E-state index >= 15 is 0 Å². The second-order valence-corrected chi connectivity index (χ2v) is 11.2. The van der Waals surface area contributed by atoms with Crippen LogP contribution >= 0.6 is 0 Å². The number of para-hydroxylation sites is 3. The first-order chi connectivity index (χ1) is 21.7. The number of pyridine rings is 1. The van der Waals surface area contributed by atoms with E-state index in [1.807, 2.05) is 35.1 Å². The highest BCUT2D eigenvalue weighted by molar-refractivity contribution is 6.12. The Balaban J connectivity index is 1.22. The number of aryl methyl sites for hydroxylation is 2. The minimum Gasteiger partial charge on any atom is -0.457 e. The normalized spacial score (nSPS) is 11.9. The molecule has 9 rings (SSSR count). The number of hydrogen-bond acceptors (Lipinski definition) is 4. The molecular weight excluding hydrogens is 544 g/mol. The molecule has 0 unspecified atom stereocenters. The summed E-state index contributed by atoms with van der Waals surface area (Å²) >= 11 is 0. The molecule has 4 aromatic heterocycles. The zero-order valence-electron chi connectivity index (χ0n) is 24.1. The second kappa shape index (κ2) is 9.28. The fraction of sp³-hybridized carbons (Fsp3) is 0.0541. The van der Waals surface area contributed by atoms with Crippen LogP contribution in [0.25, 0.3) is 60.8 Å². The molecule has 0 saturated heterocycles. The highest BCUT2D eigenvalue weighted by Gasteiger charge is 2.19. The van der Waals surface area contributed by atoms with Gasteiger partial charge in [0.2, 0.25) is 5.95 Å². The maximum Gasteiger partial charge on any atom is 0.219 e. The third-order valence-corrected chi connectivity index (χ3v) is 8.58. The summed E-state index contributed by atoms with van der Waals surface area (Å²) in [4.78, 5) is 9.46. The van der Waals surface area contributed by atoms with E-state index in [2.05, 4.69) is 118 Å². The first-order valence-corrected chi connectivity index (χ1v) is 14.6. The van der Waals surface area contributed by atoms with Crippen LogP contribution in [-0.4, -0.2) is 28.7 Å². The Morgan fingerprint density at radius 1 is 0.591 bits per heavy atom. The Morgan fingerprint density at radius 2 is 1.27 bits per heavy atom. The highest BCUT2D eigenvalue weighted by atomic mass is 16.5. The standard InChI is InChI=1S/C37H26N6O/c1-23-8-7-9-24(2)35(23)41-19-18-38-37(41)42-32-12-5-3-11-29(32)30-17-15-26(21-34(30)42)44-25-14-16-27-28-10-4-6-13-33(28)43-36(31(27)20-25)39-22-40-43/h3-22H,1-2H3. The van der Waals surface area contributed by atoms with Crippen LogP contribution in [0.1, 0.15) is 11.1 Å². The lowest BCUT2D eigenvalue weighted by Gasteiger charge is -2.16. The van der Waals surface area contributed by atoms with Gasteiger partial charge < -0.3 is 4.74 Å². The summed E-state index contributed by atoms with van der Waals surface area (Å²) in [6.45, 7) is 4.28. The van der Waals surface area contributed by atoms with Gasteiger partial charge in [-0.3, -0.25) is 9.13 Å². The van der Waals surface area contributed by atoms with Crippen molar-refractivity contribution >= 4 is 49.1 Å². The zero-order chi connectivity index (χ0) is 29.4. The summed E-state index contributed by atoms with van der Waals surface area (Å²) in [6, 6.07) is 35.6. The summed E-state index contributed by atoms with van der Waals surface area (Å²) in [5, 5.41) is 10.0. The van der Waals surface area contributed by atoms with Gasteiger partial charge in [-0.05, 0) is 72.8 Å². The SMILES string of the molecule is Cc1cccc(C)c1-n1ccnc1-n1c2ccccc2c2ccc(Oc3ccc4c5ccccc5n5ncnc5c4c3)cc21. The molecular formula is C37H26N6O. The Morgan fingerprint density at radius 3 is 2.09 bits per heavy atom. The van der Waals surface area contributed by atoms with Crippen LogP contribution in [0.2, 0.25) is 0 Å². The van der Waals surface area contributed by atoms with Gasteiger partial charge in [-0.1, -0.05) is 54.6 Å². The molecule has 7 nitrogen and oxygen atoms in total. The van der Waals surface area contributed by atoms with Crippen molar-refractivity contribution in [3.8, 4) is 23.1 Å². The fourth-order valence-corrected chi connectivity index (χ4v) is 6.68. The smallest absolute Gasteiger partial charge is 0.219 e. The van der Waals surface area contributed by atoms with E-state index in [0.717, 1.165) is 72.3 Å². The average Bonchev–Trinajstić information content (AvgIpc) is 3.79. The number of ether oxygens (including phenoxy) is 1. The number of rotatable bonds is 4. The molecule has 0 aliphatic heterocycles. The summed E-state index contributed by atoms with van der Waals surface area (Å²) in [5.41, 5.74) is 7.47. The van der Waals surface area contributed by atoms with Crippen LogP contribution in [0, 0.1) is 13.8 Å². The van der Waals surface area contributed by atoms with E-state index < -0.39 is 0 Å². The van der Waals surface area contributed by atoms with Gasteiger partial charge in [0.15, 0.2) is 5.65 Å². The molecule has 0 radical (unpaired) electrons. The Hall–Kier alpha value is -5.95. The first-order valence-electron chi connectivity index (χ1n) is 14.6. The minimum atomic E-state index is 0.733. The fourth-order valence-electron chi connectivity index (χ4n) is 6.68. The van der Waals surface area contributed by atoms with Gasteiger partial charge in [0.25, 0.3) is 0 Å². The lowest BCUT2D eigenvalue weighted by molar-refractivity contribution is 0.484. The third-order valence-electron chi connectivity index (χ3n) is 8.58. The lowest BCUT2D eigenvalue weighted by Crippen LogP contribution is -2.07. The van der Waals surface area contributed by atoms with E-state index in [1.54, 1.807) is 6.33 Å². The van der Waals surface area contributed by atoms with Crippen molar-refractivity contribution in [2.75, 3.05) is 0 Å². The third kappa shape index (κ3) is 3.53. The van der Waals surface area contributed by atoms with Crippen LogP contribution in [0.3, 0.4) is 0 Å². The van der Waals surface area contributed by atoms with Gasteiger partial charge >= 0.3 is 0 Å². The number of fused-ring (bicyclic) bond motifs is 9. The molecule has 0 atom stereocenters. The first kappa shape index (κ1) is 24.6. The van der Waals surface area contributed by atoms with Gasteiger partial charge in [0.05, 0.1) is 22.2 Å². The van der Waals surface area contributed by atoms with E-state index in [4.69, 9.17) is 9.72 Å². The Kier molecular flexibility index (Phi) is 5.19. The Bertz CT molecular complexity index is 2550. The molecule has 44 heavy (non-hydrogen) atoms. The topological polar surface area (TPSA) is 62.2 Å². The molecule has 210 valence electrons. The van der Waals surface area contributed by atoms with Crippen molar-refractivity contribution in [1.82, 2.24) is 28.7 Å². The molecule has 0 amide bonds. The molecule has 5 aromatic carbocycles. The number of hydrogen-bond donors (Lipinski definition) is 0. The summed E-state index contributed by atoms with van der Waals surface area (Å²) in [6.07, 6.45) is 5.51. The van der Waals surface area contributed by atoms with Gasteiger partial charge in [0.1, 0.15) is 17.8 Å². The number of nitrogens with zero attached hydrogens (tertiary/aromatic N) is 6. The molecule has 7 heteroatoms.